The summed E-state index contributed by atoms with van der Waals surface area (Å²) in [7, 11) is 1.68. The lowest BCUT2D eigenvalue weighted by atomic mass is 10.1. The molecule has 0 amide bonds. The van der Waals surface area contributed by atoms with Crippen LogP contribution in [-0.2, 0) is 13.1 Å². The zero-order valence-corrected chi connectivity index (χ0v) is 18.2. The first-order valence-electron chi connectivity index (χ1n) is 10.0. The molecule has 0 atom stereocenters. The van der Waals surface area contributed by atoms with Crippen LogP contribution in [0.1, 0.15) is 35.0 Å². The maximum Gasteiger partial charge on any atom is 0.226 e. The minimum atomic E-state index is 0.411. The van der Waals surface area contributed by atoms with Crippen molar-refractivity contribution in [3.8, 4) is 17.2 Å². The van der Waals surface area contributed by atoms with Gasteiger partial charge in [-0.3, -0.25) is 4.98 Å². The summed E-state index contributed by atoms with van der Waals surface area (Å²) in [5, 5.41) is 6.57. The number of aliphatic imine (C=N–C) groups is 1. The summed E-state index contributed by atoms with van der Waals surface area (Å²) in [6, 6.07) is 8.09. The van der Waals surface area contributed by atoms with Crippen LogP contribution in [0.5, 0.6) is 5.75 Å². The van der Waals surface area contributed by atoms with E-state index in [0.29, 0.717) is 24.9 Å². The smallest absolute Gasteiger partial charge is 0.226 e. The van der Waals surface area contributed by atoms with E-state index in [9.17, 15) is 0 Å². The van der Waals surface area contributed by atoms with Crippen LogP contribution in [0, 0.1) is 20.8 Å². The van der Waals surface area contributed by atoms with Crippen molar-refractivity contribution in [2.24, 2.45) is 4.99 Å². The highest BCUT2D eigenvalue weighted by Crippen LogP contribution is 2.23. The molecule has 0 saturated heterocycles. The molecule has 0 aliphatic heterocycles. The summed E-state index contributed by atoms with van der Waals surface area (Å²) in [6.07, 6.45) is 3.48. The molecule has 0 radical (unpaired) electrons. The van der Waals surface area contributed by atoms with Crippen LogP contribution in [0.3, 0.4) is 0 Å². The van der Waals surface area contributed by atoms with Crippen LogP contribution < -0.4 is 15.4 Å². The molecule has 0 fully saturated rings. The summed E-state index contributed by atoms with van der Waals surface area (Å²) in [5.41, 5.74) is 5.90. The summed E-state index contributed by atoms with van der Waals surface area (Å²) < 4.78 is 11.1. The summed E-state index contributed by atoms with van der Waals surface area (Å²) >= 11 is 0. The molecule has 7 heteroatoms. The number of hydrogen-bond donors (Lipinski definition) is 2. The minimum absolute atomic E-state index is 0.411. The number of hydrogen-bond acceptors (Lipinski definition) is 5. The SMILES string of the molecule is CCNC(=NCc1coc(-c2ccc(C)cc2)n1)NCc1ncc(C)c(OC)c1C. The van der Waals surface area contributed by atoms with Crippen molar-refractivity contribution in [3.05, 3.63) is 64.8 Å². The molecular formula is C23H29N5O2. The van der Waals surface area contributed by atoms with Gasteiger partial charge < -0.3 is 19.8 Å². The first-order valence-corrected chi connectivity index (χ1v) is 10.0. The topological polar surface area (TPSA) is 84.6 Å². The zero-order valence-electron chi connectivity index (χ0n) is 18.2. The van der Waals surface area contributed by atoms with Crippen molar-refractivity contribution in [1.29, 1.82) is 0 Å². The Hall–Kier alpha value is -3.35. The number of methoxy groups -OCH3 is 1. The first kappa shape index (κ1) is 21.4. The molecule has 158 valence electrons. The molecule has 3 rings (SSSR count). The van der Waals surface area contributed by atoms with Gasteiger partial charge in [-0.15, -0.1) is 0 Å². The fraction of sp³-hybridized carbons (Fsp3) is 0.348. The first-order chi connectivity index (χ1) is 14.5. The van der Waals surface area contributed by atoms with Gasteiger partial charge in [0, 0.05) is 29.4 Å². The highest BCUT2D eigenvalue weighted by atomic mass is 16.5. The molecule has 0 aliphatic rings. The van der Waals surface area contributed by atoms with Crippen LogP contribution in [0.25, 0.3) is 11.5 Å². The Labute approximate surface area is 177 Å². The number of nitrogens with zero attached hydrogens (tertiary/aromatic N) is 3. The van der Waals surface area contributed by atoms with Crippen LogP contribution in [0.2, 0.25) is 0 Å². The number of oxazole rings is 1. The fourth-order valence-electron chi connectivity index (χ4n) is 3.13. The van der Waals surface area contributed by atoms with Crippen molar-refractivity contribution in [3.63, 3.8) is 0 Å². The Bertz CT molecular complexity index is 1010. The monoisotopic (exact) mass is 407 g/mol. The summed E-state index contributed by atoms with van der Waals surface area (Å²) in [4.78, 5) is 13.7. The van der Waals surface area contributed by atoms with Gasteiger partial charge in [-0.05, 0) is 39.8 Å². The Morgan fingerprint density at radius 3 is 2.60 bits per heavy atom. The lowest BCUT2D eigenvalue weighted by Gasteiger charge is -2.14. The van der Waals surface area contributed by atoms with E-state index in [2.05, 4.69) is 32.5 Å². The van der Waals surface area contributed by atoms with Gasteiger partial charge in [-0.2, -0.15) is 0 Å². The number of ether oxygens (including phenoxy) is 1. The maximum absolute atomic E-state index is 5.62. The van der Waals surface area contributed by atoms with Crippen molar-refractivity contribution < 1.29 is 9.15 Å². The van der Waals surface area contributed by atoms with Crippen molar-refractivity contribution in [2.45, 2.75) is 40.8 Å². The average Bonchev–Trinajstić information content (AvgIpc) is 3.21. The Balaban J connectivity index is 1.67. The number of nitrogens with one attached hydrogen (secondary N) is 2. The maximum atomic E-state index is 5.62. The van der Waals surface area contributed by atoms with E-state index in [1.165, 1.54) is 5.56 Å². The van der Waals surface area contributed by atoms with Gasteiger partial charge >= 0.3 is 0 Å². The highest BCUT2D eigenvalue weighted by molar-refractivity contribution is 5.79. The Kier molecular flexibility index (Phi) is 7.06. The largest absolute Gasteiger partial charge is 0.496 e. The Morgan fingerprint density at radius 2 is 1.90 bits per heavy atom. The van der Waals surface area contributed by atoms with Gasteiger partial charge in [0.2, 0.25) is 5.89 Å². The van der Waals surface area contributed by atoms with Crippen molar-refractivity contribution >= 4 is 5.96 Å². The average molecular weight is 408 g/mol. The van der Waals surface area contributed by atoms with Crippen LogP contribution in [0.15, 0.2) is 46.1 Å². The van der Waals surface area contributed by atoms with E-state index in [4.69, 9.17) is 9.15 Å². The van der Waals surface area contributed by atoms with Crippen LogP contribution in [0.4, 0.5) is 0 Å². The third-order valence-corrected chi connectivity index (χ3v) is 4.77. The fourth-order valence-corrected chi connectivity index (χ4v) is 3.13. The molecule has 1 aromatic carbocycles. The zero-order chi connectivity index (χ0) is 21.5. The minimum Gasteiger partial charge on any atom is -0.496 e. The predicted octanol–water partition coefficient (Wildman–Crippen LogP) is 3.93. The molecule has 0 aliphatic carbocycles. The molecule has 0 spiro atoms. The molecule has 2 heterocycles. The van der Waals surface area contributed by atoms with E-state index < -0.39 is 0 Å². The lowest BCUT2D eigenvalue weighted by Crippen LogP contribution is -2.37. The number of pyridine rings is 1. The van der Waals surface area contributed by atoms with Gasteiger partial charge in [0.1, 0.15) is 17.7 Å². The molecule has 3 aromatic rings. The van der Waals surface area contributed by atoms with Crippen molar-refractivity contribution in [1.82, 2.24) is 20.6 Å². The highest BCUT2D eigenvalue weighted by Gasteiger charge is 2.10. The van der Waals surface area contributed by atoms with Gasteiger partial charge in [-0.25, -0.2) is 9.98 Å². The second kappa shape index (κ2) is 9.91. The van der Waals surface area contributed by atoms with Gasteiger partial charge in [-0.1, -0.05) is 17.7 Å². The van der Waals surface area contributed by atoms with Gasteiger partial charge in [0.05, 0.1) is 25.9 Å². The van der Waals surface area contributed by atoms with E-state index in [1.807, 2.05) is 51.2 Å². The molecule has 0 bridgehead atoms. The predicted molar refractivity (Wildman–Crippen MR) is 119 cm³/mol. The van der Waals surface area contributed by atoms with Gasteiger partial charge in [0.15, 0.2) is 5.96 Å². The number of guanidine groups is 1. The molecular weight excluding hydrogens is 378 g/mol. The summed E-state index contributed by atoms with van der Waals surface area (Å²) in [6.45, 7) is 9.80. The normalized spacial score (nSPS) is 11.4. The molecule has 7 nitrogen and oxygen atoms in total. The quantitative estimate of drug-likeness (QED) is 0.456. The number of aromatic nitrogens is 2. The Morgan fingerprint density at radius 1 is 1.13 bits per heavy atom. The van der Waals surface area contributed by atoms with E-state index >= 15 is 0 Å². The molecule has 0 unspecified atom stereocenters. The molecule has 30 heavy (non-hydrogen) atoms. The molecule has 2 N–H and O–H groups in total. The summed E-state index contributed by atoms with van der Waals surface area (Å²) in [5.74, 6) is 2.16. The third-order valence-electron chi connectivity index (χ3n) is 4.77. The second-order valence-electron chi connectivity index (χ2n) is 7.10. The van der Waals surface area contributed by atoms with E-state index in [0.717, 1.165) is 40.4 Å². The number of rotatable bonds is 7. The van der Waals surface area contributed by atoms with Crippen molar-refractivity contribution in [2.75, 3.05) is 13.7 Å². The molecule has 0 saturated carbocycles. The molecule has 2 aromatic heterocycles. The van der Waals surface area contributed by atoms with Gasteiger partial charge in [0.25, 0.3) is 0 Å². The third kappa shape index (κ3) is 5.17. The second-order valence-corrected chi connectivity index (χ2v) is 7.10. The van der Waals surface area contributed by atoms with E-state index in [1.54, 1.807) is 13.4 Å². The number of benzene rings is 1. The standard InChI is InChI=1S/C23H29N5O2/c1-6-24-23(27-13-20-17(4)21(29-5)16(3)11-25-20)26-12-19-14-30-22(28-19)18-9-7-15(2)8-10-18/h7-11,14H,6,12-13H2,1-5H3,(H2,24,26,27). The van der Waals surface area contributed by atoms with Crippen LogP contribution >= 0.6 is 0 Å². The lowest BCUT2D eigenvalue weighted by molar-refractivity contribution is 0.406. The number of aryl methyl sites for hydroxylation is 2. The van der Waals surface area contributed by atoms with E-state index in [-0.39, 0.29) is 0 Å². The van der Waals surface area contributed by atoms with Crippen LogP contribution in [-0.4, -0.2) is 29.6 Å².